The fourth-order valence-corrected chi connectivity index (χ4v) is 3.25. The molecule has 130 valence electrons. The predicted octanol–water partition coefficient (Wildman–Crippen LogP) is 4.49. The third-order valence-corrected chi connectivity index (χ3v) is 4.71. The Hall–Kier alpha value is -2.04. The summed E-state index contributed by atoms with van der Waals surface area (Å²) in [5.74, 6) is -0.321. The molecule has 1 saturated heterocycles. The standard InChI is InChI=1S/C19H17Cl2FN2O/c20-15-7-5-14(16(21)13-15)6-8-19(25)24-11-9-23(10-12-24)18-4-2-1-3-17(18)22/h1-8,13H,9-12H2. The van der Waals surface area contributed by atoms with Crippen molar-refractivity contribution in [3.63, 3.8) is 0 Å². The van der Waals surface area contributed by atoms with Gasteiger partial charge in [-0.2, -0.15) is 0 Å². The molecule has 0 spiro atoms. The van der Waals surface area contributed by atoms with Crippen LogP contribution in [0.5, 0.6) is 0 Å². The Bertz CT molecular complexity index is 802. The van der Waals surface area contributed by atoms with Gasteiger partial charge in [-0.3, -0.25) is 4.79 Å². The zero-order valence-corrected chi connectivity index (χ0v) is 15.0. The van der Waals surface area contributed by atoms with Crippen LogP contribution in [-0.4, -0.2) is 37.0 Å². The summed E-state index contributed by atoms with van der Waals surface area (Å²) in [6.45, 7) is 2.29. The lowest BCUT2D eigenvalue weighted by Gasteiger charge is -2.35. The molecule has 1 aliphatic heterocycles. The SMILES string of the molecule is O=C(C=Cc1ccc(Cl)cc1Cl)N1CCN(c2ccccc2F)CC1. The van der Waals surface area contributed by atoms with Crippen LogP contribution in [0.25, 0.3) is 6.08 Å². The zero-order chi connectivity index (χ0) is 17.8. The molecule has 0 unspecified atom stereocenters. The molecule has 1 fully saturated rings. The lowest BCUT2D eigenvalue weighted by atomic mass is 10.2. The molecule has 0 saturated carbocycles. The molecule has 0 aromatic heterocycles. The Kier molecular flexibility index (Phi) is 5.61. The van der Waals surface area contributed by atoms with Crippen molar-refractivity contribution in [3.8, 4) is 0 Å². The van der Waals surface area contributed by atoms with Gasteiger partial charge >= 0.3 is 0 Å². The zero-order valence-electron chi connectivity index (χ0n) is 13.5. The van der Waals surface area contributed by atoms with Crippen LogP contribution in [0.1, 0.15) is 5.56 Å². The number of hydrogen-bond donors (Lipinski definition) is 0. The van der Waals surface area contributed by atoms with Crippen molar-refractivity contribution in [2.24, 2.45) is 0 Å². The monoisotopic (exact) mass is 378 g/mol. The fourth-order valence-electron chi connectivity index (χ4n) is 2.78. The van der Waals surface area contributed by atoms with E-state index < -0.39 is 0 Å². The van der Waals surface area contributed by atoms with Crippen molar-refractivity contribution in [3.05, 3.63) is 70.0 Å². The van der Waals surface area contributed by atoms with E-state index in [1.54, 1.807) is 41.3 Å². The molecule has 6 heteroatoms. The Morgan fingerprint density at radius 1 is 1.04 bits per heavy atom. The van der Waals surface area contributed by atoms with Gasteiger partial charge in [0.05, 0.1) is 5.69 Å². The number of halogens is 3. The van der Waals surface area contributed by atoms with E-state index >= 15 is 0 Å². The molecule has 1 amide bonds. The number of benzene rings is 2. The lowest BCUT2D eigenvalue weighted by Crippen LogP contribution is -2.48. The molecule has 0 atom stereocenters. The highest BCUT2D eigenvalue weighted by Gasteiger charge is 2.21. The van der Waals surface area contributed by atoms with Crippen LogP contribution in [0.2, 0.25) is 10.0 Å². The smallest absolute Gasteiger partial charge is 0.246 e. The molecular formula is C19H17Cl2FN2O. The van der Waals surface area contributed by atoms with E-state index in [0.29, 0.717) is 41.9 Å². The Morgan fingerprint density at radius 3 is 2.44 bits per heavy atom. The molecule has 0 N–H and O–H groups in total. The predicted molar refractivity (Wildman–Crippen MR) is 101 cm³/mol. The molecule has 2 aromatic carbocycles. The molecule has 3 rings (SSSR count). The summed E-state index contributed by atoms with van der Waals surface area (Å²) in [5, 5.41) is 1.05. The first-order valence-corrected chi connectivity index (χ1v) is 8.72. The molecular weight excluding hydrogens is 362 g/mol. The van der Waals surface area contributed by atoms with Gasteiger partial charge in [-0.1, -0.05) is 41.4 Å². The highest BCUT2D eigenvalue weighted by atomic mass is 35.5. The van der Waals surface area contributed by atoms with Crippen LogP contribution < -0.4 is 4.90 Å². The van der Waals surface area contributed by atoms with Crippen LogP contribution in [0.15, 0.2) is 48.5 Å². The highest BCUT2D eigenvalue weighted by molar-refractivity contribution is 6.35. The second kappa shape index (κ2) is 7.89. The molecule has 25 heavy (non-hydrogen) atoms. The average Bonchev–Trinajstić information content (AvgIpc) is 2.61. The number of carbonyl (C=O) groups excluding carboxylic acids is 1. The summed E-state index contributed by atoms with van der Waals surface area (Å²) in [6.07, 6.45) is 3.19. The summed E-state index contributed by atoms with van der Waals surface area (Å²) in [5.41, 5.74) is 1.32. The summed E-state index contributed by atoms with van der Waals surface area (Å²) in [7, 11) is 0. The van der Waals surface area contributed by atoms with Gasteiger partial charge in [-0.25, -0.2) is 4.39 Å². The van der Waals surface area contributed by atoms with Crippen LogP contribution in [0.3, 0.4) is 0 Å². The lowest BCUT2D eigenvalue weighted by molar-refractivity contribution is -0.126. The maximum absolute atomic E-state index is 13.8. The third-order valence-electron chi connectivity index (χ3n) is 4.15. The maximum Gasteiger partial charge on any atom is 0.246 e. The summed E-state index contributed by atoms with van der Waals surface area (Å²) >= 11 is 12.0. The molecule has 0 bridgehead atoms. The minimum atomic E-state index is -0.237. The second-order valence-corrected chi connectivity index (χ2v) is 6.61. The number of hydrogen-bond acceptors (Lipinski definition) is 2. The van der Waals surface area contributed by atoms with E-state index in [-0.39, 0.29) is 11.7 Å². The number of nitrogens with zero attached hydrogens (tertiary/aromatic N) is 2. The first kappa shape index (κ1) is 17.8. The van der Waals surface area contributed by atoms with Gasteiger partial charge in [-0.15, -0.1) is 0 Å². The van der Waals surface area contributed by atoms with Crippen molar-refractivity contribution in [2.45, 2.75) is 0 Å². The van der Waals surface area contributed by atoms with Crippen molar-refractivity contribution in [1.82, 2.24) is 4.90 Å². The minimum Gasteiger partial charge on any atom is -0.366 e. The van der Waals surface area contributed by atoms with Crippen LogP contribution in [-0.2, 0) is 4.79 Å². The number of anilines is 1. The summed E-state index contributed by atoms with van der Waals surface area (Å²) in [6, 6.07) is 11.8. The molecule has 1 heterocycles. The molecule has 0 aliphatic carbocycles. The number of rotatable bonds is 3. The molecule has 3 nitrogen and oxygen atoms in total. The third kappa shape index (κ3) is 4.33. The van der Waals surface area contributed by atoms with Crippen molar-refractivity contribution < 1.29 is 9.18 Å². The van der Waals surface area contributed by atoms with E-state index in [4.69, 9.17) is 23.2 Å². The van der Waals surface area contributed by atoms with Gasteiger partial charge in [0.1, 0.15) is 5.82 Å². The van der Waals surface area contributed by atoms with Crippen molar-refractivity contribution >= 4 is 40.9 Å². The first-order valence-electron chi connectivity index (χ1n) is 7.96. The minimum absolute atomic E-state index is 0.0841. The van der Waals surface area contributed by atoms with Crippen molar-refractivity contribution in [2.75, 3.05) is 31.1 Å². The van der Waals surface area contributed by atoms with Gasteiger partial charge in [-0.05, 0) is 35.9 Å². The number of para-hydroxylation sites is 1. The van der Waals surface area contributed by atoms with E-state index in [2.05, 4.69) is 0 Å². The van der Waals surface area contributed by atoms with E-state index in [9.17, 15) is 9.18 Å². The second-order valence-electron chi connectivity index (χ2n) is 5.76. The first-order chi connectivity index (χ1) is 12.0. The Labute approximate surface area is 156 Å². The van der Waals surface area contributed by atoms with E-state index in [1.165, 1.54) is 12.1 Å². The topological polar surface area (TPSA) is 23.6 Å². The van der Waals surface area contributed by atoms with E-state index in [1.807, 2.05) is 11.0 Å². The van der Waals surface area contributed by atoms with Crippen LogP contribution in [0.4, 0.5) is 10.1 Å². The molecule has 0 radical (unpaired) electrons. The van der Waals surface area contributed by atoms with Gasteiger partial charge < -0.3 is 9.80 Å². The van der Waals surface area contributed by atoms with Crippen molar-refractivity contribution in [1.29, 1.82) is 0 Å². The Morgan fingerprint density at radius 2 is 1.76 bits per heavy atom. The maximum atomic E-state index is 13.8. The quantitative estimate of drug-likeness (QED) is 0.734. The Balaban J connectivity index is 1.60. The van der Waals surface area contributed by atoms with Gasteiger partial charge in [0.25, 0.3) is 0 Å². The van der Waals surface area contributed by atoms with Crippen LogP contribution in [0, 0.1) is 5.82 Å². The largest absolute Gasteiger partial charge is 0.366 e. The number of amides is 1. The average molecular weight is 379 g/mol. The van der Waals surface area contributed by atoms with Crippen LogP contribution >= 0.6 is 23.2 Å². The van der Waals surface area contributed by atoms with Gasteiger partial charge in [0.2, 0.25) is 5.91 Å². The highest BCUT2D eigenvalue weighted by Crippen LogP contribution is 2.23. The number of carbonyl (C=O) groups is 1. The van der Waals surface area contributed by atoms with Gasteiger partial charge in [0.15, 0.2) is 0 Å². The fraction of sp³-hybridized carbons (Fsp3) is 0.211. The molecule has 2 aromatic rings. The van der Waals surface area contributed by atoms with Gasteiger partial charge in [0, 0.05) is 42.3 Å². The molecule has 1 aliphatic rings. The summed E-state index contributed by atoms with van der Waals surface area (Å²) < 4.78 is 13.8. The number of piperazine rings is 1. The summed E-state index contributed by atoms with van der Waals surface area (Å²) in [4.78, 5) is 16.0. The van der Waals surface area contributed by atoms with E-state index in [0.717, 1.165) is 5.56 Å². The normalized spacial score (nSPS) is 15.0.